The lowest BCUT2D eigenvalue weighted by Crippen LogP contribution is -2.05. The Bertz CT molecular complexity index is 451. The molecule has 3 nitrogen and oxygen atoms in total. The molecular formula is C9H4F3NO2. The molecule has 0 saturated heterocycles. The van der Waals surface area contributed by atoms with Gasteiger partial charge in [0.1, 0.15) is 11.9 Å². The number of alkyl halides is 2. The van der Waals surface area contributed by atoms with Crippen LogP contribution in [-0.4, -0.2) is 11.1 Å². The molecule has 1 rings (SSSR count). The number of nitriles is 1. The van der Waals surface area contributed by atoms with Crippen LogP contribution in [0.25, 0.3) is 0 Å². The van der Waals surface area contributed by atoms with Crippen molar-refractivity contribution in [3.8, 4) is 6.07 Å². The predicted molar refractivity (Wildman–Crippen MR) is 43.0 cm³/mol. The molecule has 1 aromatic rings. The third-order valence-corrected chi connectivity index (χ3v) is 1.71. The molecule has 0 unspecified atom stereocenters. The first-order valence-electron chi connectivity index (χ1n) is 3.72. The summed E-state index contributed by atoms with van der Waals surface area (Å²) >= 11 is 0. The van der Waals surface area contributed by atoms with Crippen molar-refractivity contribution in [2.45, 2.75) is 6.43 Å². The van der Waals surface area contributed by atoms with Crippen molar-refractivity contribution in [1.82, 2.24) is 0 Å². The molecule has 0 fully saturated rings. The van der Waals surface area contributed by atoms with E-state index >= 15 is 0 Å². The molecule has 0 aromatic heterocycles. The highest BCUT2D eigenvalue weighted by Gasteiger charge is 2.21. The molecule has 0 amide bonds. The Morgan fingerprint density at radius 2 is 2.07 bits per heavy atom. The van der Waals surface area contributed by atoms with Crippen LogP contribution in [0.5, 0.6) is 0 Å². The molecule has 0 aliphatic carbocycles. The Morgan fingerprint density at radius 1 is 1.47 bits per heavy atom. The molecule has 0 aliphatic rings. The van der Waals surface area contributed by atoms with Gasteiger partial charge in [0.25, 0.3) is 6.43 Å². The van der Waals surface area contributed by atoms with Crippen molar-refractivity contribution in [2.75, 3.05) is 0 Å². The van der Waals surface area contributed by atoms with Crippen LogP contribution in [0.4, 0.5) is 13.2 Å². The summed E-state index contributed by atoms with van der Waals surface area (Å²) in [6.45, 7) is 0. The molecule has 6 heteroatoms. The number of halogens is 3. The van der Waals surface area contributed by atoms with Crippen molar-refractivity contribution in [3.63, 3.8) is 0 Å². The second-order valence-electron chi connectivity index (χ2n) is 2.64. The van der Waals surface area contributed by atoms with E-state index in [-0.39, 0.29) is 0 Å². The topological polar surface area (TPSA) is 61.1 Å². The van der Waals surface area contributed by atoms with Crippen LogP contribution in [0.1, 0.15) is 27.9 Å². The first-order chi connectivity index (χ1) is 6.97. The van der Waals surface area contributed by atoms with Gasteiger partial charge >= 0.3 is 5.97 Å². The van der Waals surface area contributed by atoms with Gasteiger partial charge in [0.05, 0.1) is 11.1 Å². The fourth-order valence-corrected chi connectivity index (χ4v) is 1.09. The Balaban J connectivity index is 3.54. The highest BCUT2D eigenvalue weighted by atomic mass is 19.3. The second-order valence-corrected chi connectivity index (χ2v) is 2.64. The van der Waals surface area contributed by atoms with E-state index in [1.165, 1.54) is 6.07 Å². The van der Waals surface area contributed by atoms with Gasteiger partial charge in [-0.3, -0.25) is 0 Å². The summed E-state index contributed by atoms with van der Waals surface area (Å²) in [5, 5.41) is 17.1. The van der Waals surface area contributed by atoms with Gasteiger partial charge in [0, 0.05) is 5.56 Å². The molecule has 78 valence electrons. The van der Waals surface area contributed by atoms with E-state index in [2.05, 4.69) is 0 Å². The van der Waals surface area contributed by atoms with Gasteiger partial charge in [-0.15, -0.1) is 0 Å². The molecule has 15 heavy (non-hydrogen) atoms. The quantitative estimate of drug-likeness (QED) is 0.823. The van der Waals surface area contributed by atoms with Gasteiger partial charge in [-0.2, -0.15) is 5.26 Å². The number of carbonyl (C=O) groups is 1. The average Bonchev–Trinajstić information content (AvgIpc) is 2.16. The minimum absolute atomic E-state index is 0.454. The minimum Gasteiger partial charge on any atom is -0.478 e. The van der Waals surface area contributed by atoms with E-state index in [0.717, 1.165) is 0 Å². The molecule has 0 spiro atoms. The first kappa shape index (κ1) is 11.0. The normalized spacial score (nSPS) is 10.1. The first-order valence-corrected chi connectivity index (χ1v) is 3.72. The predicted octanol–water partition coefficient (Wildman–Crippen LogP) is 2.33. The molecule has 0 atom stereocenters. The minimum atomic E-state index is -3.09. The summed E-state index contributed by atoms with van der Waals surface area (Å²) in [4.78, 5) is 10.5. The van der Waals surface area contributed by atoms with Crippen LogP contribution < -0.4 is 0 Å². The fourth-order valence-electron chi connectivity index (χ4n) is 1.09. The third kappa shape index (κ3) is 2.07. The Labute approximate surface area is 82.4 Å². The van der Waals surface area contributed by atoms with E-state index in [1.807, 2.05) is 0 Å². The summed E-state index contributed by atoms with van der Waals surface area (Å²) in [6, 6.07) is 2.32. The van der Waals surface area contributed by atoms with E-state index in [9.17, 15) is 18.0 Å². The molecule has 0 aliphatic heterocycles. The Morgan fingerprint density at radius 3 is 2.47 bits per heavy atom. The van der Waals surface area contributed by atoms with Gasteiger partial charge in [-0.1, -0.05) is 0 Å². The summed E-state index contributed by atoms with van der Waals surface area (Å²) in [6.07, 6.45) is -3.09. The van der Waals surface area contributed by atoms with Crippen LogP contribution in [0.2, 0.25) is 0 Å². The number of hydrogen-bond donors (Lipinski definition) is 1. The van der Waals surface area contributed by atoms with Crippen molar-refractivity contribution in [1.29, 1.82) is 5.26 Å². The van der Waals surface area contributed by atoms with E-state index in [1.54, 1.807) is 0 Å². The molecule has 1 N–H and O–H groups in total. The maximum atomic E-state index is 12.8. The standard InChI is InChI=1S/C9H4F3NO2/c10-4-1-5(8(11)12)7(3-13)6(2-4)9(14)15/h1-2,8H,(H,14,15). The largest absolute Gasteiger partial charge is 0.478 e. The molecular weight excluding hydrogens is 211 g/mol. The molecule has 1 aromatic carbocycles. The van der Waals surface area contributed by atoms with Crippen molar-refractivity contribution >= 4 is 5.97 Å². The van der Waals surface area contributed by atoms with Crippen LogP contribution in [0.15, 0.2) is 12.1 Å². The SMILES string of the molecule is N#Cc1c(C(=O)O)cc(F)cc1C(F)F. The van der Waals surface area contributed by atoms with Gasteiger partial charge in [-0.25, -0.2) is 18.0 Å². The second kappa shape index (κ2) is 4.00. The van der Waals surface area contributed by atoms with Gasteiger partial charge in [-0.05, 0) is 12.1 Å². The van der Waals surface area contributed by atoms with Gasteiger partial charge in [0.15, 0.2) is 0 Å². The summed E-state index contributed by atoms with van der Waals surface area (Å²) in [7, 11) is 0. The van der Waals surface area contributed by atoms with Crippen LogP contribution in [-0.2, 0) is 0 Å². The lowest BCUT2D eigenvalue weighted by atomic mass is 10.0. The van der Waals surface area contributed by atoms with Crippen LogP contribution in [0.3, 0.4) is 0 Å². The smallest absolute Gasteiger partial charge is 0.337 e. The maximum Gasteiger partial charge on any atom is 0.337 e. The van der Waals surface area contributed by atoms with E-state index < -0.39 is 34.9 Å². The summed E-state index contributed by atoms with van der Waals surface area (Å²) < 4.78 is 37.4. The highest BCUT2D eigenvalue weighted by molar-refractivity contribution is 5.91. The average molecular weight is 215 g/mol. The number of hydrogen-bond acceptors (Lipinski definition) is 2. The number of carboxylic acid groups (broad SMARTS) is 1. The Hall–Kier alpha value is -2.03. The van der Waals surface area contributed by atoms with Crippen molar-refractivity contribution in [2.24, 2.45) is 0 Å². The van der Waals surface area contributed by atoms with E-state index in [0.29, 0.717) is 12.1 Å². The third-order valence-electron chi connectivity index (χ3n) is 1.71. The summed E-state index contributed by atoms with van der Waals surface area (Å²) in [5.41, 5.74) is -2.37. The van der Waals surface area contributed by atoms with Crippen molar-refractivity contribution in [3.05, 3.63) is 34.6 Å². The molecule has 0 heterocycles. The lowest BCUT2D eigenvalue weighted by molar-refractivity contribution is 0.0695. The number of carboxylic acids is 1. The highest BCUT2D eigenvalue weighted by Crippen LogP contribution is 2.26. The fraction of sp³-hybridized carbons (Fsp3) is 0.111. The molecule has 0 radical (unpaired) electrons. The van der Waals surface area contributed by atoms with E-state index in [4.69, 9.17) is 10.4 Å². The zero-order valence-electron chi connectivity index (χ0n) is 7.17. The maximum absolute atomic E-state index is 12.8. The number of rotatable bonds is 2. The number of aromatic carboxylic acids is 1. The van der Waals surface area contributed by atoms with Gasteiger partial charge in [0.2, 0.25) is 0 Å². The number of benzene rings is 1. The van der Waals surface area contributed by atoms with Crippen molar-refractivity contribution < 1.29 is 23.1 Å². The number of nitrogens with zero attached hydrogens (tertiary/aromatic N) is 1. The Kier molecular flexibility index (Phi) is 2.95. The zero-order chi connectivity index (χ0) is 11.6. The molecule has 0 saturated carbocycles. The zero-order valence-corrected chi connectivity index (χ0v) is 7.17. The lowest BCUT2D eigenvalue weighted by Gasteiger charge is -2.05. The summed E-state index contributed by atoms with van der Waals surface area (Å²) in [5.74, 6) is -2.73. The monoisotopic (exact) mass is 215 g/mol. The molecule has 0 bridgehead atoms. The van der Waals surface area contributed by atoms with Crippen LogP contribution in [0, 0.1) is 17.1 Å². The van der Waals surface area contributed by atoms with Gasteiger partial charge < -0.3 is 5.11 Å². The van der Waals surface area contributed by atoms with Crippen LogP contribution >= 0.6 is 0 Å².